The summed E-state index contributed by atoms with van der Waals surface area (Å²) in [4.78, 5) is 0. The third kappa shape index (κ3) is 5.37. The molecule has 1 aromatic carbocycles. The largest absolute Gasteiger partial charge is 0.433 e. The summed E-state index contributed by atoms with van der Waals surface area (Å²) in [6.45, 7) is -3.41. The van der Waals surface area contributed by atoms with E-state index in [4.69, 9.17) is 0 Å². The van der Waals surface area contributed by atoms with Crippen LogP contribution in [0.15, 0.2) is 24.3 Å². The Balaban J connectivity index is 2.58. The van der Waals surface area contributed by atoms with Crippen molar-refractivity contribution in [1.29, 1.82) is 0 Å². The Kier molecular flexibility index (Phi) is 4.53. The van der Waals surface area contributed by atoms with Gasteiger partial charge in [0.15, 0.2) is 0 Å². The minimum atomic E-state index is -4.29. The molecule has 0 saturated heterocycles. The molecule has 0 unspecified atom stereocenters. The molecule has 0 radical (unpaired) electrons. The van der Waals surface area contributed by atoms with Crippen LogP contribution in [0.5, 0.6) is 5.75 Å². The van der Waals surface area contributed by atoms with E-state index < -0.39 is 25.8 Å². The summed E-state index contributed by atoms with van der Waals surface area (Å²) >= 11 is 0. The van der Waals surface area contributed by atoms with Crippen LogP contribution in [0.2, 0.25) is 0 Å². The van der Waals surface area contributed by atoms with Gasteiger partial charge in [0, 0.05) is 6.54 Å². The van der Waals surface area contributed by atoms with Gasteiger partial charge in [-0.2, -0.15) is 22.0 Å². The van der Waals surface area contributed by atoms with Gasteiger partial charge in [0.05, 0.1) is 12.1 Å². The Morgan fingerprint density at radius 1 is 1.18 bits per heavy atom. The van der Waals surface area contributed by atoms with Gasteiger partial charge in [0.25, 0.3) is 0 Å². The Bertz CT molecular complexity index is 353. The number of para-hydroxylation sites is 2. The molecule has 0 fully saturated rings. The number of hydrogen-bond acceptors (Lipinski definition) is 2. The zero-order valence-electron chi connectivity index (χ0n) is 8.60. The van der Waals surface area contributed by atoms with Gasteiger partial charge in [-0.1, -0.05) is 12.1 Å². The highest BCUT2D eigenvalue weighted by atomic mass is 19.4. The van der Waals surface area contributed by atoms with Gasteiger partial charge in [-0.25, -0.2) is 0 Å². The van der Waals surface area contributed by atoms with Crippen LogP contribution < -0.4 is 10.1 Å². The van der Waals surface area contributed by atoms with E-state index >= 15 is 0 Å². The van der Waals surface area contributed by atoms with Crippen LogP contribution in [0.4, 0.5) is 27.6 Å². The molecule has 17 heavy (non-hydrogen) atoms. The highest BCUT2D eigenvalue weighted by Gasteiger charge is 2.26. The number of ether oxygens (including phenoxy) is 1. The molecule has 0 aliphatic heterocycles. The zero-order valence-corrected chi connectivity index (χ0v) is 8.60. The molecule has 0 saturated carbocycles. The number of benzene rings is 1. The van der Waals surface area contributed by atoms with Crippen LogP contribution in [-0.4, -0.2) is 19.3 Å². The molecule has 0 spiro atoms. The van der Waals surface area contributed by atoms with Gasteiger partial charge in [-0.15, -0.1) is 0 Å². The molecule has 0 bridgehead atoms. The lowest BCUT2D eigenvalue weighted by Crippen LogP contribution is -2.15. The summed E-state index contributed by atoms with van der Waals surface area (Å²) in [6.07, 6.45) is -5.33. The molecule has 0 aliphatic carbocycles. The predicted molar refractivity (Wildman–Crippen MR) is 52.2 cm³/mol. The first kappa shape index (κ1) is 13.5. The second kappa shape index (κ2) is 5.70. The molecular weight excluding hydrogens is 245 g/mol. The fourth-order valence-electron chi connectivity index (χ4n) is 1.15. The van der Waals surface area contributed by atoms with Crippen molar-refractivity contribution in [3.8, 4) is 5.75 Å². The van der Waals surface area contributed by atoms with Gasteiger partial charge in [0.2, 0.25) is 0 Å². The molecule has 0 aliphatic rings. The molecule has 0 amide bonds. The van der Waals surface area contributed by atoms with E-state index in [0.717, 1.165) is 0 Å². The maximum absolute atomic E-state index is 12.0. The summed E-state index contributed by atoms with van der Waals surface area (Å²) in [5.74, 6) is -0.176. The number of alkyl halides is 5. The summed E-state index contributed by atoms with van der Waals surface area (Å²) in [5.41, 5.74) is 0.108. The molecule has 0 atom stereocenters. The van der Waals surface area contributed by atoms with Gasteiger partial charge < -0.3 is 10.1 Å². The van der Waals surface area contributed by atoms with Crippen molar-refractivity contribution in [2.24, 2.45) is 0 Å². The quantitative estimate of drug-likeness (QED) is 0.811. The average molecular weight is 255 g/mol. The van der Waals surface area contributed by atoms with E-state index in [1.165, 1.54) is 24.3 Å². The molecule has 1 aromatic rings. The fourth-order valence-corrected chi connectivity index (χ4v) is 1.15. The molecule has 96 valence electrons. The minimum absolute atomic E-state index is 0.108. The first-order valence-electron chi connectivity index (χ1n) is 4.73. The molecular formula is C10H10F5NO. The Hall–Kier alpha value is -1.53. The number of anilines is 1. The van der Waals surface area contributed by atoms with Crippen LogP contribution in [0.1, 0.15) is 6.42 Å². The molecule has 1 rings (SSSR count). The average Bonchev–Trinajstić information content (AvgIpc) is 2.18. The van der Waals surface area contributed by atoms with Crippen molar-refractivity contribution >= 4 is 5.69 Å². The fraction of sp³-hybridized carbons (Fsp3) is 0.400. The molecule has 7 heteroatoms. The van der Waals surface area contributed by atoms with E-state index in [1.807, 2.05) is 0 Å². The number of rotatable bonds is 5. The van der Waals surface area contributed by atoms with Gasteiger partial charge >= 0.3 is 12.8 Å². The van der Waals surface area contributed by atoms with E-state index in [0.29, 0.717) is 0 Å². The zero-order chi connectivity index (χ0) is 12.9. The van der Waals surface area contributed by atoms with Crippen molar-refractivity contribution in [3.05, 3.63) is 24.3 Å². The van der Waals surface area contributed by atoms with Crippen LogP contribution in [0.25, 0.3) is 0 Å². The lowest BCUT2D eigenvalue weighted by atomic mass is 10.3. The summed E-state index contributed by atoms with van der Waals surface area (Å²) in [6, 6.07) is 5.58. The number of halogens is 5. The van der Waals surface area contributed by atoms with E-state index in [1.54, 1.807) is 0 Å². The van der Waals surface area contributed by atoms with Gasteiger partial charge in [-0.3, -0.25) is 0 Å². The van der Waals surface area contributed by atoms with Crippen molar-refractivity contribution in [2.45, 2.75) is 19.2 Å². The van der Waals surface area contributed by atoms with Gasteiger partial charge in [-0.05, 0) is 12.1 Å². The topological polar surface area (TPSA) is 21.3 Å². The Morgan fingerprint density at radius 2 is 1.82 bits per heavy atom. The lowest BCUT2D eigenvalue weighted by molar-refractivity contribution is -0.131. The van der Waals surface area contributed by atoms with Crippen LogP contribution >= 0.6 is 0 Å². The van der Waals surface area contributed by atoms with Crippen LogP contribution in [0.3, 0.4) is 0 Å². The monoisotopic (exact) mass is 255 g/mol. The van der Waals surface area contributed by atoms with E-state index in [-0.39, 0.29) is 11.4 Å². The third-order valence-electron chi connectivity index (χ3n) is 1.83. The maximum atomic E-state index is 12.0. The summed E-state index contributed by atoms with van der Waals surface area (Å²) < 4.78 is 63.7. The standard InChI is InChI=1S/C10H10F5NO/c11-9(12)17-8-4-2-1-3-7(8)16-6-5-10(13,14)15/h1-4,9,16H,5-6H2. The van der Waals surface area contributed by atoms with Gasteiger partial charge in [0.1, 0.15) is 5.75 Å². The van der Waals surface area contributed by atoms with Crippen molar-refractivity contribution in [3.63, 3.8) is 0 Å². The van der Waals surface area contributed by atoms with Crippen LogP contribution in [0, 0.1) is 0 Å². The molecule has 0 aromatic heterocycles. The summed E-state index contributed by atoms with van der Waals surface area (Å²) in [7, 11) is 0. The first-order valence-corrected chi connectivity index (χ1v) is 4.73. The summed E-state index contributed by atoms with van der Waals surface area (Å²) in [5, 5.41) is 2.40. The Morgan fingerprint density at radius 3 is 2.41 bits per heavy atom. The molecule has 0 heterocycles. The predicted octanol–water partition coefficient (Wildman–Crippen LogP) is 3.65. The first-order chi connectivity index (χ1) is 7.88. The highest BCUT2D eigenvalue weighted by Crippen LogP contribution is 2.26. The smallest absolute Gasteiger partial charge is 0.390 e. The lowest BCUT2D eigenvalue weighted by Gasteiger charge is -2.13. The second-order valence-electron chi connectivity index (χ2n) is 3.17. The maximum Gasteiger partial charge on any atom is 0.390 e. The van der Waals surface area contributed by atoms with Crippen LogP contribution in [-0.2, 0) is 0 Å². The van der Waals surface area contributed by atoms with Crippen molar-refractivity contribution < 1.29 is 26.7 Å². The Labute approximate surface area is 94.4 Å². The van der Waals surface area contributed by atoms with E-state index in [2.05, 4.69) is 10.1 Å². The third-order valence-corrected chi connectivity index (χ3v) is 1.83. The SMILES string of the molecule is FC(F)Oc1ccccc1NCCC(F)(F)F. The second-order valence-corrected chi connectivity index (χ2v) is 3.17. The normalized spacial score (nSPS) is 11.6. The number of nitrogens with one attached hydrogen (secondary N) is 1. The molecule has 2 nitrogen and oxygen atoms in total. The van der Waals surface area contributed by atoms with Crippen molar-refractivity contribution in [2.75, 3.05) is 11.9 Å². The molecule has 1 N–H and O–H groups in total. The van der Waals surface area contributed by atoms with E-state index in [9.17, 15) is 22.0 Å². The minimum Gasteiger partial charge on any atom is -0.433 e. The van der Waals surface area contributed by atoms with Crippen molar-refractivity contribution in [1.82, 2.24) is 0 Å². The highest BCUT2D eigenvalue weighted by molar-refractivity contribution is 5.56. The number of hydrogen-bond donors (Lipinski definition) is 1.